The molecule has 2 atom stereocenters. The second kappa shape index (κ2) is 8.45. The first-order chi connectivity index (χ1) is 11.6. The Morgan fingerprint density at radius 3 is 2.46 bits per heavy atom. The lowest BCUT2D eigenvalue weighted by molar-refractivity contribution is -0.136. The number of hydrogen-bond acceptors (Lipinski definition) is 4. The van der Waals surface area contributed by atoms with Gasteiger partial charge in [-0.2, -0.15) is 0 Å². The Bertz CT molecular complexity index is 452. The van der Waals surface area contributed by atoms with E-state index in [4.69, 9.17) is 4.74 Å². The molecule has 0 aromatic rings. The summed E-state index contributed by atoms with van der Waals surface area (Å²) in [6.07, 6.45) is 5.01. The third kappa shape index (κ3) is 4.58. The summed E-state index contributed by atoms with van der Waals surface area (Å²) < 4.78 is 5.32. The highest BCUT2D eigenvalue weighted by atomic mass is 16.5. The van der Waals surface area contributed by atoms with Crippen LogP contribution in [-0.4, -0.2) is 86.2 Å². The second-order valence-electron chi connectivity index (χ2n) is 7.68. The molecule has 1 aliphatic carbocycles. The number of morpholine rings is 1. The van der Waals surface area contributed by atoms with Crippen molar-refractivity contribution in [1.82, 2.24) is 14.7 Å². The Morgan fingerprint density at radius 1 is 1.12 bits per heavy atom. The van der Waals surface area contributed by atoms with Crippen LogP contribution < -0.4 is 0 Å². The van der Waals surface area contributed by atoms with Crippen molar-refractivity contribution in [3.05, 3.63) is 11.6 Å². The summed E-state index contributed by atoms with van der Waals surface area (Å²) in [6.45, 7) is 13.6. The molecule has 5 heteroatoms. The Labute approximate surface area is 146 Å². The predicted octanol–water partition coefficient (Wildman–Crippen LogP) is 1.46. The molecule has 0 saturated carbocycles. The highest BCUT2D eigenvalue weighted by Crippen LogP contribution is 2.30. The third-order valence-corrected chi connectivity index (χ3v) is 6.00. The maximum Gasteiger partial charge on any atom is 0.236 e. The molecule has 3 aliphatic rings. The Hall–Kier alpha value is -0.910. The van der Waals surface area contributed by atoms with Crippen molar-refractivity contribution >= 4 is 5.91 Å². The summed E-state index contributed by atoms with van der Waals surface area (Å²) in [7, 11) is 0. The average Bonchev–Trinajstić information content (AvgIpc) is 2.60. The highest BCUT2D eigenvalue weighted by molar-refractivity contribution is 5.78. The number of nitrogens with zero attached hydrogens (tertiary/aromatic N) is 3. The van der Waals surface area contributed by atoms with Gasteiger partial charge in [-0.25, -0.2) is 0 Å². The van der Waals surface area contributed by atoms with E-state index in [2.05, 4.69) is 29.7 Å². The number of carbonyl (C=O) groups excluding carboxylic acids is 1. The molecule has 136 valence electrons. The van der Waals surface area contributed by atoms with E-state index in [1.54, 1.807) is 5.57 Å². The van der Waals surface area contributed by atoms with Gasteiger partial charge in [-0.1, -0.05) is 18.6 Å². The van der Waals surface area contributed by atoms with Crippen LogP contribution in [0.25, 0.3) is 0 Å². The van der Waals surface area contributed by atoms with Gasteiger partial charge < -0.3 is 14.5 Å². The fraction of sp³-hybridized carbons (Fsp3) is 0.842. The quantitative estimate of drug-likeness (QED) is 0.729. The van der Waals surface area contributed by atoms with E-state index in [1.807, 2.05) is 4.90 Å². The molecule has 0 N–H and O–H groups in total. The van der Waals surface area contributed by atoms with E-state index in [9.17, 15) is 4.79 Å². The number of hydrogen-bond donors (Lipinski definition) is 0. The molecule has 3 rings (SSSR count). The van der Waals surface area contributed by atoms with Crippen molar-refractivity contribution < 1.29 is 9.53 Å². The van der Waals surface area contributed by atoms with E-state index in [0.717, 1.165) is 51.1 Å². The minimum absolute atomic E-state index is 0.270. The van der Waals surface area contributed by atoms with Gasteiger partial charge in [-0.3, -0.25) is 9.69 Å². The molecule has 2 heterocycles. The van der Waals surface area contributed by atoms with Crippen LogP contribution in [0.4, 0.5) is 0 Å². The Morgan fingerprint density at radius 2 is 1.79 bits per heavy atom. The number of allylic oxidation sites excluding steroid dienone is 1. The van der Waals surface area contributed by atoms with E-state index in [0.29, 0.717) is 19.8 Å². The van der Waals surface area contributed by atoms with Crippen molar-refractivity contribution in [3.8, 4) is 0 Å². The number of carbonyl (C=O) groups is 1. The number of rotatable bonds is 4. The molecular formula is C19H33N3O2. The zero-order valence-electron chi connectivity index (χ0n) is 15.4. The molecule has 2 aliphatic heterocycles. The standard InChI is InChI=1S/C19H33N3O2/c1-16-4-3-5-17(2)18(16)14-20-6-8-21(9-7-20)15-19(23)22-10-12-24-13-11-22/h4,17-18H,3,5-15H2,1-2H3/t17-,18+/m0/s1. The lowest BCUT2D eigenvalue weighted by Gasteiger charge is -2.39. The maximum absolute atomic E-state index is 12.4. The van der Waals surface area contributed by atoms with Gasteiger partial charge in [0.1, 0.15) is 0 Å². The highest BCUT2D eigenvalue weighted by Gasteiger charge is 2.27. The summed E-state index contributed by atoms with van der Waals surface area (Å²) in [4.78, 5) is 19.2. The Balaban J connectivity index is 1.41. The van der Waals surface area contributed by atoms with Gasteiger partial charge in [0, 0.05) is 45.8 Å². The minimum Gasteiger partial charge on any atom is -0.378 e. The molecule has 1 amide bonds. The normalized spacial score (nSPS) is 30.2. The first-order valence-corrected chi connectivity index (χ1v) is 9.60. The maximum atomic E-state index is 12.4. The van der Waals surface area contributed by atoms with Gasteiger partial charge in [-0.15, -0.1) is 0 Å². The van der Waals surface area contributed by atoms with Crippen molar-refractivity contribution in [2.45, 2.75) is 26.7 Å². The summed E-state index contributed by atoms with van der Waals surface area (Å²) in [5, 5.41) is 0. The van der Waals surface area contributed by atoms with Gasteiger partial charge in [0.25, 0.3) is 0 Å². The topological polar surface area (TPSA) is 36.0 Å². The molecule has 0 unspecified atom stereocenters. The van der Waals surface area contributed by atoms with E-state index >= 15 is 0 Å². The smallest absolute Gasteiger partial charge is 0.236 e. The van der Waals surface area contributed by atoms with Gasteiger partial charge >= 0.3 is 0 Å². The van der Waals surface area contributed by atoms with Crippen LogP contribution >= 0.6 is 0 Å². The van der Waals surface area contributed by atoms with Crippen LogP contribution in [0.15, 0.2) is 11.6 Å². The monoisotopic (exact) mass is 335 g/mol. The molecule has 2 saturated heterocycles. The van der Waals surface area contributed by atoms with Crippen molar-refractivity contribution in [2.24, 2.45) is 11.8 Å². The lowest BCUT2D eigenvalue weighted by atomic mass is 9.80. The van der Waals surface area contributed by atoms with Gasteiger partial charge in [-0.05, 0) is 31.6 Å². The fourth-order valence-corrected chi connectivity index (χ4v) is 4.21. The molecule has 0 bridgehead atoms. The third-order valence-electron chi connectivity index (χ3n) is 6.00. The molecular weight excluding hydrogens is 302 g/mol. The second-order valence-corrected chi connectivity index (χ2v) is 7.68. The van der Waals surface area contributed by atoms with Crippen molar-refractivity contribution in [2.75, 3.05) is 65.6 Å². The number of ether oxygens (including phenoxy) is 1. The van der Waals surface area contributed by atoms with Gasteiger partial charge in [0.2, 0.25) is 5.91 Å². The van der Waals surface area contributed by atoms with Crippen LogP contribution in [0.3, 0.4) is 0 Å². The SMILES string of the molecule is CC1=CCC[C@H](C)[C@@H]1CN1CCN(CC(=O)N2CCOCC2)CC1. The zero-order valence-corrected chi connectivity index (χ0v) is 15.4. The van der Waals surface area contributed by atoms with Crippen molar-refractivity contribution in [3.63, 3.8) is 0 Å². The summed E-state index contributed by atoms with van der Waals surface area (Å²) in [6, 6.07) is 0. The van der Waals surface area contributed by atoms with Crippen molar-refractivity contribution in [1.29, 1.82) is 0 Å². The van der Waals surface area contributed by atoms with Crippen LogP contribution in [0, 0.1) is 11.8 Å². The Kier molecular flexibility index (Phi) is 6.31. The van der Waals surface area contributed by atoms with Crippen LogP contribution in [-0.2, 0) is 9.53 Å². The first-order valence-electron chi connectivity index (χ1n) is 9.60. The van der Waals surface area contributed by atoms with E-state index in [-0.39, 0.29) is 5.91 Å². The fourth-order valence-electron chi connectivity index (χ4n) is 4.21. The average molecular weight is 335 g/mol. The lowest BCUT2D eigenvalue weighted by Crippen LogP contribution is -2.52. The molecule has 2 fully saturated rings. The van der Waals surface area contributed by atoms with Crippen LogP contribution in [0.5, 0.6) is 0 Å². The predicted molar refractivity (Wildman–Crippen MR) is 95.9 cm³/mol. The molecule has 0 aromatic heterocycles. The van der Waals surface area contributed by atoms with E-state index < -0.39 is 0 Å². The first kappa shape index (κ1) is 17.9. The number of piperazine rings is 1. The summed E-state index contributed by atoms with van der Waals surface area (Å²) in [5.41, 5.74) is 1.58. The number of amides is 1. The molecule has 5 nitrogen and oxygen atoms in total. The molecule has 0 radical (unpaired) electrons. The van der Waals surface area contributed by atoms with Gasteiger partial charge in [0.05, 0.1) is 19.8 Å². The minimum atomic E-state index is 0.270. The van der Waals surface area contributed by atoms with Crippen LogP contribution in [0.1, 0.15) is 26.7 Å². The van der Waals surface area contributed by atoms with E-state index in [1.165, 1.54) is 19.4 Å². The summed E-state index contributed by atoms with van der Waals surface area (Å²) >= 11 is 0. The molecule has 24 heavy (non-hydrogen) atoms. The largest absolute Gasteiger partial charge is 0.378 e. The van der Waals surface area contributed by atoms with Gasteiger partial charge in [0.15, 0.2) is 0 Å². The molecule has 0 aromatic carbocycles. The summed E-state index contributed by atoms with van der Waals surface area (Å²) in [5.74, 6) is 1.79. The van der Waals surface area contributed by atoms with Crippen LogP contribution in [0.2, 0.25) is 0 Å². The zero-order chi connectivity index (χ0) is 16.9. The molecule has 0 spiro atoms.